The first-order chi connectivity index (χ1) is 7.38. The van der Waals surface area contributed by atoms with E-state index in [9.17, 15) is 8.42 Å². The molecule has 1 aromatic rings. The summed E-state index contributed by atoms with van der Waals surface area (Å²) in [5, 5.41) is 0.377. The van der Waals surface area contributed by atoms with Crippen LogP contribution in [0.25, 0.3) is 0 Å². The molecule has 1 rings (SSSR count). The molecule has 4 nitrogen and oxygen atoms in total. The van der Waals surface area contributed by atoms with Crippen molar-refractivity contribution in [3.63, 3.8) is 0 Å². The molecule has 0 aromatic heterocycles. The van der Waals surface area contributed by atoms with Gasteiger partial charge in [-0.2, -0.15) is 0 Å². The lowest BCUT2D eigenvalue weighted by molar-refractivity contribution is 0.585. The molecule has 3 N–H and O–H groups in total. The highest BCUT2D eigenvalue weighted by Crippen LogP contribution is 2.26. The van der Waals surface area contributed by atoms with Crippen LogP contribution in [-0.2, 0) is 10.0 Å². The first-order valence-corrected chi connectivity index (χ1v) is 6.41. The molecule has 16 heavy (non-hydrogen) atoms. The number of halogens is 1. The number of aryl methyl sites for hydroxylation is 1. The van der Waals surface area contributed by atoms with Crippen LogP contribution in [-0.4, -0.2) is 15.0 Å². The van der Waals surface area contributed by atoms with Crippen LogP contribution in [0.4, 0.5) is 5.69 Å². The van der Waals surface area contributed by atoms with E-state index >= 15 is 0 Å². The third-order valence-electron chi connectivity index (χ3n) is 1.98. The predicted molar refractivity (Wildman–Crippen MR) is 66.0 cm³/mol. The topological polar surface area (TPSA) is 72.2 Å². The van der Waals surface area contributed by atoms with Crippen molar-refractivity contribution in [2.24, 2.45) is 0 Å². The standard InChI is InChI=1S/C10H13ClN2O2S/c1-3-4-13-16(14,15)8-5-7(2)10(11)9(12)6-8/h3,5-6,13H,1,4,12H2,2H3. The van der Waals surface area contributed by atoms with Crippen LogP contribution in [0.2, 0.25) is 5.02 Å². The van der Waals surface area contributed by atoms with Crippen molar-refractivity contribution < 1.29 is 8.42 Å². The van der Waals surface area contributed by atoms with E-state index in [1.165, 1.54) is 18.2 Å². The maximum atomic E-state index is 11.7. The van der Waals surface area contributed by atoms with E-state index in [4.69, 9.17) is 17.3 Å². The highest BCUT2D eigenvalue weighted by molar-refractivity contribution is 7.89. The lowest BCUT2D eigenvalue weighted by atomic mass is 10.2. The van der Waals surface area contributed by atoms with Crippen molar-refractivity contribution >= 4 is 27.3 Å². The van der Waals surface area contributed by atoms with Crippen LogP contribution < -0.4 is 10.5 Å². The number of nitrogens with two attached hydrogens (primary N) is 1. The average molecular weight is 261 g/mol. The van der Waals surface area contributed by atoms with E-state index in [-0.39, 0.29) is 17.1 Å². The Morgan fingerprint density at radius 1 is 1.56 bits per heavy atom. The van der Waals surface area contributed by atoms with E-state index in [1.54, 1.807) is 6.92 Å². The Morgan fingerprint density at radius 3 is 2.69 bits per heavy atom. The second kappa shape index (κ2) is 4.86. The molecule has 0 fully saturated rings. The van der Waals surface area contributed by atoms with Gasteiger partial charge in [0.2, 0.25) is 10.0 Å². The number of hydrogen-bond acceptors (Lipinski definition) is 3. The highest BCUT2D eigenvalue weighted by Gasteiger charge is 2.15. The normalized spacial score (nSPS) is 11.4. The van der Waals surface area contributed by atoms with Gasteiger partial charge in [0.05, 0.1) is 15.6 Å². The van der Waals surface area contributed by atoms with Gasteiger partial charge in [0.1, 0.15) is 0 Å². The summed E-state index contributed by atoms with van der Waals surface area (Å²) in [5.41, 5.74) is 6.48. The molecule has 0 heterocycles. The summed E-state index contributed by atoms with van der Waals surface area (Å²) < 4.78 is 25.9. The molecule has 0 aliphatic rings. The number of nitrogen functional groups attached to an aromatic ring is 1. The Morgan fingerprint density at radius 2 is 2.19 bits per heavy atom. The molecule has 0 aliphatic heterocycles. The van der Waals surface area contributed by atoms with Crippen molar-refractivity contribution in [2.45, 2.75) is 11.8 Å². The largest absolute Gasteiger partial charge is 0.397 e. The highest BCUT2D eigenvalue weighted by atomic mass is 35.5. The Hall–Kier alpha value is -1.04. The number of benzene rings is 1. The molecule has 0 bridgehead atoms. The Kier molecular flexibility index (Phi) is 3.96. The average Bonchev–Trinajstić information content (AvgIpc) is 2.22. The lowest BCUT2D eigenvalue weighted by Crippen LogP contribution is -2.23. The van der Waals surface area contributed by atoms with Gasteiger partial charge in [-0.25, -0.2) is 13.1 Å². The zero-order valence-corrected chi connectivity index (χ0v) is 10.4. The van der Waals surface area contributed by atoms with Gasteiger partial charge in [-0.15, -0.1) is 6.58 Å². The fourth-order valence-electron chi connectivity index (χ4n) is 1.17. The molecule has 1 aromatic carbocycles. The summed E-state index contributed by atoms with van der Waals surface area (Å²) in [4.78, 5) is 0.105. The quantitative estimate of drug-likeness (QED) is 0.639. The van der Waals surface area contributed by atoms with Gasteiger partial charge < -0.3 is 5.73 Å². The maximum absolute atomic E-state index is 11.7. The third kappa shape index (κ3) is 2.75. The van der Waals surface area contributed by atoms with Crippen LogP contribution >= 0.6 is 11.6 Å². The fraction of sp³-hybridized carbons (Fsp3) is 0.200. The molecule has 0 saturated heterocycles. The van der Waals surface area contributed by atoms with Gasteiger partial charge in [-0.05, 0) is 24.6 Å². The molecule has 6 heteroatoms. The van der Waals surface area contributed by atoms with Gasteiger partial charge in [0, 0.05) is 6.54 Å². The third-order valence-corrected chi connectivity index (χ3v) is 3.90. The maximum Gasteiger partial charge on any atom is 0.240 e. The summed E-state index contributed by atoms with van der Waals surface area (Å²) in [6.07, 6.45) is 1.46. The minimum Gasteiger partial charge on any atom is -0.397 e. The van der Waals surface area contributed by atoms with Gasteiger partial charge >= 0.3 is 0 Å². The van der Waals surface area contributed by atoms with Crippen molar-refractivity contribution in [3.8, 4) is 0 Å². The SMILES string of the molecule is C=CCNS(=O)(=O)c1cc(C)c(Cl)c(N)c1. The first-order valence-electron chi connectivity index (χ1n) is 4.54. The van der Waals surface area contributed by atoms with Crippen molar-refractivity contribution in [1.29, 1.82) is 0 Å². The molecule has 0 aliphatic carbocycles. The van der Waals surface area contributed by atoms with Gasteiger partial charge in [-0.1, -0.05) is 17.7 Å². The summed E-state index contributed by atoms with van der Waals surface area (Å²) in [5.74, 6) is 0. The number of rotatable bonds is 4. The monoisotopic (exact) mass is 260 g/mol. The summed E-state index contributed by atoms with van der Waals surface area (Å²) in [6.45, 7) is 5.30. The molecule has 0 amide bonds. The van der Waals surface area contributed by atoms with Crippen molar-refractivity contribution in [1.82, 2.24) is 4.72 Å². The minimum atomic E-state index is -3.54. The van der Waals surface area contributed by atoms with Crippen LogP contribution in [0.15, 0.2) is 29.7 Å². The minimum absolute atomic E-state index is 0.105. The Balaban J connectivity index is 3.19. The molecule has 88 valence electrons. The number of nitrogens with one attached hydrogen (secondary N) is 1. The van der Waals surface area contributed by atoms with E-state index in [2.05, 4.69) is 11.3 Å². The fourth-order valence-corrected chi connectivity index (χ4v) is 2.40. The van der Waals surface area contributed by atoms with Gasteiger partial charge in [0.25, 0.3) is 0 Å². The zero-order valence-electron chi connectivity index (χ0n) is 8.83. The van der Waals surface area contributed by atoms with Crippen LogP contribution in [0.3, 0.4) is 0 Å². The van der Waals surface area contributed by atoms with Gasteiger partial charge in [0.15, 0.2) is 0 Å². The van der Waals surface area contributed by atoms with Crippen LogP contribution in [0.5, 0.6) is 0 Å². The predicted octanol–water partition coefficient (Wildman–Crippen LogP) is 1.69. The molecule has 0 atom stereocenters. The van der Waals surface area contributed by atoms with E-state index in [1.807, 2.05) is 0 Å². The van der Waals surface area contributed by atoms with Gasteiger partial charge in [-0.3, -0.25) is 0 Å². The second-order valence-corrected chi connectivity index (χ2v) is 5.43. The van der Waals surface area contributed by atoms with Crippen molar-refractivity contribution in [2.75, 3.05) is 12.3 Å². The van der Waals surface area contributed by atoms with Crippen LogP contribution in [0.1, 0.15) is 5.56 Å². The molecule has 0 unspecified atom stereocenters. The molecular weight excluding hydrogens is 248 g/mol. The number of sulfonamides is 1. The molecule has 0 saturated carbocycles. The summed E-state index contributed by atoms with van der Waals surface area (Å²) >= 11 is 5.85. The van der Waals surface area contributed by atoms with Crippen molar-refractivity contribution in [3.05, 3.63) is 35.4 Å². The zero-order chi connectivity index (χ0) is 12.3. The molecule has 0 radical (unpaired) electrons. The molecule has 0 spiro atoms. The lowest BCUT2D eigenvalue weighted by Gasteiger charge is -2.08. The van der Waals surface area contributed by atoms with E-state index in [0.717, 1.165) is 0 Å². The summed E-state index contributed by atoms with van der Waals surface area (Å²) in [6, 6.07) is 2.81. The molecular formula is C10H13ClN2O2S. The first kappa shape index (κ1) is 13.0. The van der Waals surface area contributed by atoms with E-state index < -0.39 is 10.0 Å². The second-order valence-electron chi connectivity index (χ2n) is 3.28. The van der Waals surface area contributed by atoms with Crippen LogP contribution in [0, 0.1) is 6.92 Å². The Labute approximate surface area is 100 Å². The van der Waals surface area contributed by atoms with E-state index in [0.29, 0.717) is 10.6 Å². The summed E-state index contributed by atoms with van der Waals surface area (Å²) in [7, 11) is -3.54. The smallest absolute Gasteiger partial charge is 0.240 e. The number of hydrogen-bond donors (Lipinski definition) is 2. The Bertz CT molecular complexity index is 489. The number of anilines is 1.